The monoisotopic (exact) mass is 414 g/mol. The molecule has 1 aromatic rings. The normalized spacial score (nSPS) is 25.2. The second-order valence-electron chi connectivity index (χ2n) is 7.05. The maximum atomic E-state index is 13.6. The summed E-state index contributed by atoms with van der Waals surface area (Å²) in [6, 6.07) is 4.00. The lowest BCUT2D eigenvalue weighted by Gasteiger charge is -2.38. The Kier molecular flexibility index (Phi) is 6.11. The van der Waals surface area contributed by atoms with Gasteiger partial charge in [-0.3, -0.25) is 14.9 Å². The molecule has 7 nitrogen and oxygen atoms in total. The largest absolute Gasteiger partial charge is 0.473 e. The van der Waals surface area contributed by atoms with Gasteiger partial charge in [0.15, 0.2) is 5.78 Å². The molecule has 1 saturated heterocycles. The Morgan fingerprint density at radius 3 is 2.55 bits per heavy atom. The molecule has 0 N–H and O–H groups in total. The number of para-hydroxylation sites is 1. The van der Waals surface area contributed by atoms with E-state index in [4.69, 9.17) is 9.47 Å². The van der Waals surface area contributed by atoms with E-state index in [1.807, 2.05) is 4.90 Å². The number of ketones is 1. The van der Waals surface area contributed by atoms with E-state index in [2.05, 4.69) is 0 Å². The van der Waals surface area contributed by atoms with E-state index in [1.54, 1.807) is 6.07 Å². The third kappa shape index (κ3) is 4.69. The van der Waals surface area contributed by atoms with Crippen molar-refractivity contribution >= 4 is 5.78 Å². The molecule has 2 aliphatic rings. The van der Waals surface area contributed by atoms with Gasteiger partial charge in [0.1, 0.15) is 5.75 Å². The Balaban J connectivity index is 2.04. The van der Waals surface area contributed by atoms with Gasteiger partial charge in [0.25, 0.3) is 12.1 Å². The molecule has 0 amide bonds. The molecule has 158 valence electrons. The number of morpholine rings is 1. The van der Waals surface area contributed by atoms with E-state index < -0.39 is 29.2 Å². The van der Waals surface area contributed by atoms with Crippen LogP contribution in [-0.2, 0) is 9.53 Å². The predicted octanol–water partition coefficient (Wildman–Crippen LogP) is 2.93. The Hall–Kier alpha value is -2.62. The first-order chi connectivity index (χ1) is 13.7. The topological polar surface area (TPSA) is 81.9 Å². The minimum atomic E-state index is -4.91. The molecule has 3 atom stereocenters. The lowest BCUT2D eigenvalue weighted by molar-refractivity contribution is -0.548. The van der Waals surface area contributed by atoms with Crippen LogP contribution in [0.2, 0.25) is 0 Å². The molecule has 0 radical (unpaired) electrons. The fourth-order valence-electron chi connectivity index (χ4n) is 3.83. The molecule has 0 aliphatic carbocycles. The van der Waals surface area contributed by atoms with Gasteiger partial charge < -0.3 is 14.4 Å². The van der Waals surface area contributed by atoms with Crippen LogP contribution in [0.1, 0.15) is 24.8 Å². The van der Waals surface area contributed by atoms with Crippen LogP contribution in [0.3, 0.4) is 0 Å². The van der Waals surface area contributed by atoms with Gasteiger partial charge in [-0.1, -0.05) is 18.2 Å². The maximum Gasteiger partial charge on any atom is 0.432 e. The molecule has 0 bridgehead atoms. The molecule has 2 heterocycles. The number of allylic oxidation sites excluding steroid dienone is 2. The molecule has 0 spiro atoms. The van der Waals surface area contributed by atoms with E-state index >= 15 is 0 Å². The third-order valence-electron chi connectivity index (χ3n) is 5.08. The predicted molar refractivity (Wildman–Crippen MR) is 96.2 cm³/mol. The van der Waals surface area contributed by atoms with Crippen molar-refractivity contribution < 1.29 is 32.4 Å². The second-order valence-corrected chi connectivity index (χ2v) is 7.05. The Bertz CT molecular complexity index is 805. The van der Waals surface area contributed by atoms with Crippen molar-refractivity contribution in [3.8, 4) is 5.75 Å². The number of carbonyl (C=O) groups excluding carboxylic acids is 1. The first kappa shape index (κ1) is 21.1. The van der Waals surface area contributed by atoms with E-state index in [0.29, 0.717) is 37.6 Å². The van der Waals surface area contributed by atoms with Gasteiger partial charge >= 0.3 is 6.18 Å². The Morgan fingerprint density at radius 1 is 1.31 bits per heavy atom. The summed E-state index contributed by atoms with van der Waals surface area (Å²) >= 11 is 0. The van der Waals surface area contributed by atoms with Gasteiger partial charge in [-0.15, -0.1) is 0 Å². The maximum absolute atomic E-state index is 13.6. The highest BCUT2D eigenvalue weighted by atomic mass is 19.4. The number of benzene rings is 1. The van der Waals surface area contributed by atoms with Crippen LogP contribution < -0.4 is 4.74 Å². The number of alkyl halides is 3. The SMILES string of the molecule is CC(=O)/C=C(\C[C@H]1c2ccccc2O[C@H](C(F)(F)F)[C@@H]1[N+](=O)[O-])N1CCOCC1. The fourth-order valence-corrected chi connectivity index (χ4v) is 3.83. The number of ether oxygens (including phenoxy) is 2. The van der Waals surface area contributed by atoms with Gasteiger partial charge in [0.2, 0.25) is 0 Å². The molecule has 3 rings (SSSR count). The van der Waals surface area contributed by atoms with Crippen molar-refractivity contribution in [2.24, 2.45) is 0 Å². The fraction of sp³-hybridized carbons (Fsp3) is 0.526. The van der Waals surface area contributed by atoms with E-state index in [1.165, 1.54) is 31.2 Å². The molecule has 0 aromatic heterocycles. The van der Waals surface area contributed by atoms with Crippen molar-refractivity contribution in [1.82, 2.24) is 4.90 Å². The van der Waals surface area contributed by atoms with Gasteiger partial charge in [0, 0.05) is 35.7 Å². The van der Waals surface area contributed by atoms with Crippen LogP contribution in [-0.4, -0.2) is 60.2 Å². The standard InChI is InChI=1S/C19H21F3N2O5/c1-12(25)10-13(23-6-8-28-9-7-23)11-15-14-4-2-3-5-16(14)29-18(19(20,21)22)17(15)24(26)27/h2-5,10,15,17-18H,6-9,11H2,1H3/b13-10+/t15-,17+,18-/m0/s1. The van der Waals surface area contributed by atoms with Crippen molar-refractivity contribution in [3.05, 3.63) is 51.7 Å². The zero-order valence-electron chi connectivity index (χ0n) is 15.7. The number of nitro groups is 1. The zero-order chi connectivity index (χ0) is 21.2. The lowest BCUT2D eigenvalue weighted by atomic mass is 9.81. The summed E-state index contributed by atoms with van der Waals surface area (Å²) in [7, 11) is 0. The van der Waals surface area contributed by atoms with Crippen molar-refractivity contribution in [3.63, 3.8) is 0 Å². The number of rotatable bonds is 5. The number of hydrogen-bond acceptors (Lipinski definition) is 6. The van der Waals surface area contributed by atoms with E-state index in [0.717, 1.165) is 0 Å². The van der Waals surface area contributed by atoms with Crippen molar-refractivity contribution in [2.45, 2.75) is 37.6 Å². The number of halogens is 3. The van der Waals surface area contributed by atoms with Crippen LogP contribution in [0.5, 0.6) is 5.75 Å². The summed E-state index contributed by atoms with van der Waals surface area (Å²) in [4.78, 5) is 24.4. The summed E-state index contributed by atoms with van der Waals surface area (Å²) in [6.45, 7) is 3.06. The van der Waals surface area contributed by atoms with Crippen molar-refractivity contribution in [1.29, 1.82) is 0 Å². The van der Waals surface area contributed by atoms with Crippen molar-refractivity contribution in [2.75, 3.05) is 26.3 Å². The lowest BCUT2D eigenvalue weighted by Crippen LogP contribution is -2.53. The van der Waals surface area contributed by atoms with Crippen LogP contribution in [0.25, 0.3) is 0 Å². The molecular formula is C19H21F3N2O5. The molecule has 2 aliphatic heterocycles. The Morgan fingerprint density at radius 2 is 1.97 bits per heavy atom. The smallest absolute Gasteiger partial charge is 0.432 e. The first-order valence-corrected chi connectivity index (χ1v) is 9.18. The third-order valence-corrected chi connectivity index (χ3v) is 5.08. The molecular weight excluding hydrogens is 393 g/mol. The average molecular weight is 414 g/mol. The van der Waals surface area contributed by atoms with E-state index in [9.17, 15) is 28.1 Å². The molecule has 0 unspecified atom stereocenters. The number of hydrogen-bond donors (Lipinski definition) is 0. The zero-order valence-corrected chi connectivity index (χ0v) is 15.7. The quantitative estimate of drug-likeness (QED) is 0.419. The van der Waals surface area contributed by atoms with Crippen LogP contribution in [0.4, 0.5) is 13.2 Å². The number of carbonyl (C=O) groups is 1. The Labute approximate surface area is 165 Å². The first-order valence-electron chi connectivity index (χ1n) is 9.18. The molecule has 1 aromatic carbocycles. The molecule has 29 heavy (non-hydrogen) atoms. The summed E-state index contributed by atoms with van der Waals surface area (Å²) in [6.07, 6.45) is -6.23. The number of nitrogens with zero attached hydrogens (tertiary/aromatic N) is 2. The summed E-state index contributed by atoms with van der Waals surface area (Å²) in [5.74, 6) is -1.41. The van der Waals surface area contributed by atoms with Gasteiger partial charge in [-0.2, -0.15) is 13.2 Å². The molecule has 10 heteroatoms. The second kappa shape index (κ2) is 8.40. The summed E-state index contributed by atoms with van der Waals surface area (Å²) in [5.41, 5.74) is 0.799. The van der Waals surface area contributed by atoms with Crippen LogP contribution in [0.15, 0.2) is 36.0 Å². The average Bonchev–Trinajstić information content (AvgIpc) is 2.66. The van der Waals surface area contributed by atoms with Gasteiger partial charge in [-0.25, -0.2) is 0 Å². The summed E-state index contributed by atoms with van der Waals surface area (Å²) in [5, 5.41) is 11.7. The van der Waals surface area contributed by atoms with Gasteiger partial charge in [0.05, 0.1) is 19.1 Å². The van der Waals surface area contributed by atoms with Crippen LogP contribution in [0, 0.1) is 10.1 Å². The summed E-state index contributed by atoms with van der Waals surface area (Å²) < 4.78 is 51.1. The highest BCUT2D eigenvalue weighted by molar-refractivity contribution is 5.87. The highest BCUT2D eigenvalue weighted by Crippen LogP contribution is 2.45. The molecule has 0 saturated carbocycles. The van der Waals surface area contributed by atoms with Crippen LogP contribution >= 0.6 is 0 Å². The molecule has 1 fully saturated rings. The highest BCUT2D eigenvalue weighted by Gasteiger charge is 2.59. The number of fused-ring (bicyclic) bond motifs is 1. The minimum absolute atomic E-state index is 0.0259. The van der Waals surface area contributed by atoms with Gasteiger partial charge in [-0.05, 0) is 19.1 Å². The minimum Gasteiger partial charge on any atom is -0.473 e. The van der Waals surface area contributed by atoms with E-state index in [-0.39, 0.29) is 18.0 Å².